The van der Waals surface area contributed by atoms with Gasteiger partial charge in [-0.2, -0.15) is 0 Å². The number of aryl methyl sites for hydroxylation is 1. The third-order valence-electron chi connectivity index (χ3n) is 10.2. The number of hydrogen-bond acceptors (Lipinski definition) is 2. The van der Waals surface area contributed by atoms with Gasteiger partial charge in [-0.05, 0) is 91.0 Å². The first-order valence-electron chi connectivity index (χ1n) is 18.8. The minimum atomic E-state index is 0. The number of nitrogens with zero attached hydrogens (tertiary/aromatic N) is 3. The fourth-order valence-electron chi connectivity index (χ4n) is 7.66. The molecule has 0 saturated carbocycles. The van der Waals surface area contributed by atoms with Crippen LogP contribution in [0.3, 0.4) is 0 Å². The third-order valence-corrected chi connectivity index (χ3v) is 10.2. The molecule has 0 saturated heterocycles. The maximum atomic E-state index is 4.89. The molecule has 10 rings (SSSR count). The van der Waals surface area contributed by atoms with Crippen LogP contribution in [0.25, 0.3) is 82.9 Å². The summed E-state index contributed by atoms with van der Waals surface area (Å²) in [6, 6.07) is 71.5. The standard InChI is InChI=1S/C41H30N2.C11H8N.Ir/c1-2-39-42-37-18-10-11-19-38(37)43(39)32-26-24-31(25-27-32)41-35-16-8-6-14-33(35)40(34-15-7-9-17-36(34)41)30-22-20-29(21-23-30)28-12-4-3-5-13-28;1-2-6-10(7-3-1)11-8-4-5-9-12-11;/h3-27H,2H2,1H3;1-6,8-9H;/q;-1;. The number of aromatic nitrogens is 3. The monoisotopic (exact) mass is 897 g/mol. The molecule has 0 N–H and O–H groups in total. The molecule has 0 aliphatic carbocycles. The van der Waals surface area contributed by atoms with Crippen molar-refractivity contribution in [3.05, 3.63) is 212 Å². The van der Waals surface area contributed by atoms with Crippen molar-refractivity contribution in [3.8, 4) is 50.3 Å². The molecule has 271 valence electrons. The predicted molar refractivity (Wildman–Crippen MR) is 230 cm³/mol. The summed E-state index contributed by atoms with van der Waals surface area (Å²) in [7, 11) is 0. The van der Waals surface area contributed by atoms with Crippen LogP contribution in [0.4, 0.5) is 0 Å². The van der Waals surface area contributed by atoms with E-state index in [1.165, 1.54) is 54.9 Å². The molecule has 0 spiro atoms. The number of benzene rings is 8. The van der Waals surface area contributed by atoms with E-state index in [4.69, 9.17) is 4.98 Å². The summed E-state index contributed by atoms with van der Waals surface area (Å²) in [6.07, 6.45) is 2.66. The van der Waals surface area contributed by atoms with Crippen LogP contribution in [0, 0.1) is 6.07 Å². The molecule has 3 nitrogen and oxygen atoms in total. The zero-order chi connectivity index (χ0) is 37.0. The average molecular weight is 897 g/mol. The summed E-state index contributed by atoms with van der Waals surface area (Å²) in [5.41, 5.74) is 12.8. The Labute approximate surface area is 341 Å². The Morgan fingerprint density at radius 1 is 0.482 bits per heavy atom. The van der Waals surface area contributed by atoms with Gasteiger partial charge in [-0.3, -0.25) is 4.57 Å². The fraction of sp³-hybridized carbons (Fsp3) is 0.0385. The van der Waals surface area contributed by atoms with E-state index in [9.17, 15) is 0 Å². The molecular formula is C52H38IrN3-. The minimum absolute atomic E-state index is 0. The van der Waals surface area contributed by atoms with Crippen molar-refractivity contribution < 1.29 is 20.1 Å². The molecule has 0 aliphatic rings. The third kappa shape index (κ3) is 7.09. The van der Waals surface area contributed by atoms with E-state index in [0.29, 0.717) is 0 Å². The number of fused-ring (bicyclic) bond motifs is 3. The van der Waals surface area contributed by atoms with E-state index < -0.39 is 0 Å². The van der Waals surface area contributed by atoms with E-state index in [-0.39, 0.29) is 20.1 Å². The smallest absolute Gasteiger partial charge is 0.114 e. The van der Waals surface area contributed by atoms with Crippen molar-refractivity contribution in [1.82, 2.24) is 14.5 Å². The molecular weight excluding hydrogens is 859 g/mol. The number of imidazole rings is 1. The zero-order valence-corrected chi connectivity index (χ0v) is 33.3. The van der Waals surface area contributed by atoms with E-state index in [2.05, 4.69) is 174 Å². The second-order valence-electron chi connectivity index (χ2n) is 13.5. The van der Waals surface area contributed by atoms with Gasteiger partial charge < -0.3 is 4.98 Å². The summed E-state index contributed by atoms with van der Waals surface area (Å²) >= 11 is 0. The second kappa shape index (κ2) is 16.5. The van der Waals surface area contributed by atoms with Gasteiger partial charge in [0.05, 0.1) is 11.0 Å². The van der Waals surface area contributed by atoms with Gasteiger partial charge in [0.25, 0.3) is 0 Å². The second-order valence-corrected chi connectivity index (χ2v) is 13.5. The van der Waals surface area contributed by atoms with Crippen molar-refractivity contribution in [2.24, 2.45) is 0 Å². The van der Waals surface area contributed by atoms with Gasteiger partial charge >= 0.3 is 0 Å². The first kappa shape index (κ1) is 36.5. The zero-order valence-electron chi connectivity index (χ0n) is 30.9. The summed E-state index contributed by atoms with van der Waals surface area (Å²) in [4.78, 5) is 9.11. The minimum Gasteiger partial charge on any atom is -0.305 e. The Morgan fingerprint density at radius 2 is 1.00 bits per heavy atom. The SMILES string of the molecule is CCc1nc2ccccc2n1-c1ccc(-c2c3ccccc3c(-c3ccc(-c4ccccc4)cc3)c3ccccc23)cc1.[Ir].[c-]1ccccc1-c1ccccn1. The summed E-state index contributed by atoms with van der Waals surface area (Å²) < 4.78 is 2.29. The number of para-hydroxylation sites is 2. The van der Waals surface area contributed by atoms with E-state index in [1.807, 2.05) is 42.5 Å². The van der Waals surface area contributed by atoms with Crippen LogP contribution in [-0.2, 0) is 26.5 Å². The predicted octanol–water partition coefficient (Wildman–Crippen LogP) is 13.4. The fourth-order valence-corrected chi connectivity index (χ4v) is 7.66. The Morgan fingerprint density at radius 3 is 1.57 bits per heavy atom. The van der Waals surface area contributed by atoms with Gasteiger partial charge in [-0.25, -0.2) is 4.98 Å². The van der Waals surface area contributed by atoms with Gasteiger partial charge in [0.2, 0.25) is 0 Å². The first-order valence-corrected chi connectivity index (χ1v) is 18.8. The van der Waals surface area contributed by atoms with Crippen LogP contribution in [0.15, 0.2) is 200 Å². The molecule has 0 aliphatic heterocycles. The van der Waals surface area contributed by atoms with Crippen LogP contribution in [0.2, 0.25) is 0 Å². The summed E-state index contributed by atoms with van der Waals surface area (Å²) in [6.45, 7) is 2.17. The molecule has 0 bridgehead atoms. The van der Waals surface area contributed by atoms with Crippen LogP contribution >= 0.6 is 0 Å². The Balaban J connectivity index is 0.000000290. The molecule has 4 heteroatoms. The quantitative estimate of drug-likeness (QED) is 0.123. The average Bonchev–Trinajstić information content (AvgIpc) is 3.66. The van der Waals surface area contributed by atoms with Gasteiger partial charge in [-0.15, -0.1) is 35.9 Å². The first-order chi connectivity index (χ1) is 27.3. The van der Waals surface area contributed by atoms with Crippen molar-refractivity contribution in [1.29, 1.82) is 0 Å². The Hall–Kier alpha value is -6.45. The van der Waals surface area contributed by atoms with E-state index in [0.717, 1.165) is 40.2 Å². The van der Waals surface area contributed by atoms with Crippen LogP contribution in [0.5, 0.6) is 0 Å². The largest absolute Gasteiger partial charge is 0.305 e. The summed E-state index contributed by atoms with van der Waals surface area (Å²) in [5.74, 6) is 1.08. The molecule has 2 heterocycles. The maximum Gasteiger partial charge on any atom is 0.114 e. The Kier molecular flexibility index (Phi) is 10.8. The van der Waals surface area contributed by atoms with Crippen molar-refractivity contribution in [2.75, 3.05) is 0 Å². The number of rotatable bonds is 6. The van der Waals surface area contributed by atoms with Crippen molar-refractivity contribution in [2.45, 2.75) is 13.3 Å². The summed E-state index contributed by atoms with van der Waals surface area (Å²) in [5, 5.41) is 5.06. The Bertz CT molecular complexity index is 2770. The molecule has 10 aromatic rings. The number of hydrogen-bond donors (Lipinski definition) is 0. The van der Waals surface area contributed by atoms with Crippen LogP contribution in [-0.4, -0.2) is 14.5 Å². The van der Waals surface area contributed by atoms with Crippen molar-refractivity contribution in [3.63, 3.8) is 0 Å². The van der Waals surface area contributed by atoms with Crippen LogP contribution in [0.1, 0.15) is 12.7 Å². The normalized spacial score (nSPS) is 10.9. The molecule has 0 atom stereocenters. The van der Waals surface area contributed by atoms with Crippen molar-refractivity contribution >= 4 is 32.6 Å². The molecule has 56 heavy (non-hydrogen) atoms. The topological polar surface area (TPSA) is 30.7 Å². The molecule has 0 amide bonds. The maximum absolute atomic E-state index is 4.89. The van der Waals surface area contributed by atoms with E-state index >= 15 is 0 Å². The molecule has 2 aromatic heterocycles. The van der Waals surface area contributed by atoms with Gasteiger partial charge in [0.1, 0.15) is 5.82 Å². The van der Waals surface area contributed by atoms with Gasteiger partial charge in [0.15, 0.2) is 0 Å². The molecule has 0 unspecified atom stereocenters. The molecule has 8 aromatic carbocycles. The molecule has 1 radical (unpaired) electrons. The van der Waals surface area contributed by atoms with Gasteiger partial charge in [0, 0.05) is 38.4 Å². The van der Waals surface area contributed by atoms with Crippen LogP contribution < -0.4 is 0 Å². The van der Waals surface area contributed by atoms with E-state index in [1.54, 1.807) is 6.20 Å². The number of pyridine rings is 1. The van der Waals surface area contributed by atoms with Gasteiger partial charge in [-0.1, -0.05) is 146 Å². The molecule has 0 fully saturated rings.